The summed E-state index contributed by atoms with van der Waals surface area (Å²) in [5, 5.41) is 3.23. The van der Waals surface area contributed by atoms with E-state index in [1.807, 2.05) is 30.5 Å². The number of fused-ring (bicyclic) bond motifs is 1. The molecule has 4 nitrogen and oxygen atoms in total. The van der Waals surface area contributed by atoms with Gasteiger partial charge in [0.05, 0.1) is 7.11 Å². The fraction of sp³-hybridized carbons (Fsp3) is 0.333. The third-order valence-electron chi connectivity index (χ3n) is 3.39. The number of nitrogens with zero attached hydrogens (tertiary/aromatic N) is 2. The van der Waals surface area contributed by atoms with Gasteiger partial charge in [-0.1, -0.05) is 6.07 Å². The Bertz CT molecular complexity index is 583. The first-order valence-electron chi connectivity index (χ1n) is 6.61. The highest BCUT2D eigenvalue weighted by molar-refractivity contribution is 5.56. The molecule has 0 saturated carbocycles. The number of ether oxygens (including phenoxy) is 1. The van der Waals surface area contributed by atoms with Crippen molar-refractivity contribution in [2.24, 2.45) is 0 Å². The van der Waals surface area contributed by atoms with Crippen molar-refractivity contribution in [3.8, 4) is 5.75 Å². The maximum absolute atomic E-state index is 5.20. The number of benzene rings is 1. The zero-order valence-electron chi connectivity index (χ0n) is 11.0. The number of nitrogens with one attached hydrogen (secondary N) is 1. The molecule has 1 aromatic carbocycles. The quantitative estimate of drug-likeness (QED) is 0.915. The van der Waals surface area contributed by atoms with E-state index in [-0.39, 0.29) is 0 Å². The average molecular weight is 255 g/mol. The summed E-state index contributed by atoms with van der Waals surface area (Å²) >= 11 is 0. The first kappa shape index (κ1) is 12.0. The maximum Gasteiger partial charge on any atom is 0.227 e. The number of aryl methyl sites for hydroxylation is 2. The standard InChI is InChI=1S/C15H17N3O/c1-19-13-7-4-6-12(9-13)17-15-16-10-11-5-2-3-8-14(11)18-15/h4,6-7,9-10H,2-3,5,8H2,1H3,(H,16,17,18). The molecule has 1 N–H and O–H groups in total. The maximum atomic E-state index is 5.20. The molecule has 0 bridgehead atoms. The van der Waals surface area contributed by atoms with Gasteiger partial charge in [-0.05, 0) is 43.4 Å². The van der Waals surface area contributed by atoms with Crippen LogP contribution >= 0.6 is 0 Å². The molecule has 98 valence electrons. The largest absolute Gasteiger partial charge is 0.497 e. The summed E-state index contributed by atoms with van der Waals surface area (Å²) in [5.41, 5.74) is 3.42. The molecule has 1 aromatic heterocycles. The Balaban J connectivity index is 1.82. The van der Waals surface area contributed by atoms with Crippen LogP contribution in [0.15, 0.2) is 30.5 Å². The number of rotatable bonds is 3. The molecule has 3 rings (SSSR count). The molecule has 0 amide bonds. The summed E-state index contributed by atoms with van der Waals surface area (Å²) in [4.78, 5) is 8.98. The van der Waals surface area contributed by atoms with Crippen LogP contribution in [0.5, 0.6) is 5.75 Å². The van der Waals surface area contributed by atoms with Crippen LogP contribution in [0.4, 0.5) is 11.6 Å². The molecule has 0 radical (unpaired) electrons. The zero-order chi connectivity index (χ0) is 13.1. The van der Waals surface area contributed by atoms with Crippen LogP contribution < -0.4 is 10.1 Å². The lowest BCUT2D eigenvalue weighted by molar-refractivity contribution is 0.415. The topological polar surface area (TPSA) is 47.0 Å². The summed E-state index contributed by atoms with van der Waals surface area (Å²) in [7, 11) is 1.66. The van der Waals surface area contributed by atoms with Gasteiger partial charge in [-0.2, -0.15) is 0 Å². The van der Waals surface area contributed by atoms with Crippen molar-refractivity contribution in [3.63, 3.8) is 0 Å². The van der Waals surface area contributed by atoms with Gasteiger partial charge in [0.1, 0.15) is 5.75 Å². The minimum absolute atomic E-state index is 0.661. The first-order valence-corrected chi connectivity index (χ1v) is 6.61. The van der Waals surface area contributed by atoms with Gasteiger partial charge in [-0.15, -0.1) is 0 Å². The molecule has 0 atom stereocenters. The second-order valence-corrected chi connectivity index (χ2v) is 4.73. The van der Waals surface area contributed by atoms with Crippen molar-refractivity contribution >= 4 is 11.6 Å². The number of hydrogen-bond donors (Lipinski definition) is 1. The van der Waals surface area contributed by atoms with Crippen molar-refractivity contribution in [2.45, 2.75) is 25.7 Å². The van der Waals surface area contributed by atoms with E-state index in [1.54, 1.807) is 7.11 Å². The van der Waals surface area contributed by atoms with Crippen LogP contribution in [0.1, 0.15) is 24.1 Å². The van der Waals surface area contributed by atoms with E-state index in [0.717, 1.165) is 24.3 Å². The van der Waals surface area contributed by atoms with Gasteiger partial charge in [-0.3, -0.25) is 0 Å². The monoisotopic (exact) mass is 255 g/mol. The lowest BCUT2D eigenvalue weighted by Crippen LogP contribution is -2.08. The van der Waals surface area contributed by atoms with E-state index >= 15 is 0 Å². The van der Waals surface area contributed by atoms with Gasteiger partial charge < -0.3 is 10.1 Å². The van der Waals surface area contributed by atoms with E-state index in [1.165, 1.54) is 24.1 Å². The van der Waals surface area contributed by atoms with E-state index in [4.69, 9.17) is 4.74 Å². The van der Waals surface area contributed by atoms with Crippen LogP contribution in [0.3, 0.4) is 0 Å². The van der Waals surface area contributed by atoms with Crippen LogP contribution in [0, 0.1) is 0 Å². The molecular formula is C15H17N3O. The molecule has 4 heteroatoms. The summed E-state index contributed by atoms with van der Waals surface area (Å²) in [6, 6.07) is 7.77. The van der Waals surface area contributed by atoms with E-state index in [9.17, 15) is 0 Å². The SMILES string of the molecule is COc1cccc(Nc2ncc3c(n2)CCCC3)c1. The Morgan fingerprint density at radius 1 is 1.21 bits per heavy atom. The fourth-order valence-corrected chi connectivity index (χ4v) is 2.37. The van der Waals surface area contributed by atoms with Gasteiger partial charge in [0.15, 0.2) is 0 Å². The van der Waals surface area contributed by atoms with Crippen molar-refractivity contribution in [3.05, 3.63) is 41.7 Å². The molecule has 2 aromatic rings. The second kappa shape index (κ2) is 5.26. The summed E-state index contributed by atoms with van der Waals surface area (Å²) in [6.07, 6.45) is 6.59. The molecule has 0 saturated heterocycles. The fourth-order valence-electron chi connectivity index (χ4n) is 2.37. The van der Waals surface area contributed by atoms with E-state index in [0.29, 0.717) is 5.95 Å². The lowest BCUT2D eigenvalue weighted by Gasteiger charge is -2.15. The average Bonchev–Trinajstić information content (AvgIpc) is 2.47. The van der Waals surface area contributed by atoms with Crippen molar-refractivity contribution in [2.75, 3.05) is 12.4 Å². The van der Waals surface area contributed by atoms with Crippen LogP contribution in [0.25, 0.3) is 0 Å². The predicted molar refractivity (Wildman–Crippen MR) is 75.0 cm³/mol. The number of methoxy groups -OCH3 is 1. The van der Waals surface area contributed by atoms with E-state index < -0.39 is 0 Å². The molecule has 1 aliphatic rings. The molecule has 1 heterocycles. The Hall–Kier alpha value is -2.10. The molecule has 19 heavy (non-hydrogen) atoms. The van der Waals surface area contributed by atoms with E-state index in [2.05, 4.69) is 15.3 Å². The second-order valence-electron chi connectivity index (χ2n) is 4.73. The van der Waals surface area contributed by atoms with Gasteiger partial charge in [0.2, 0.25) is 5.95 Å². The Kier molecular flexibility index (Phi) is 3.31. The molecule has 1 aliphatic carbocycles. The highest BCUT2D eigenvalue weighted by Gasteiger charge is 2.11. The predicted octanol–water partition coefficient (Wildman–Crippen LogP) is 3.11. The summed E-state index contributed by atoms with van der Waals surface area (Å²) < 4.78 is 5.20. The molecule has 0 spiro atoms. The van der Waals surface area contributed by atoms with Crippen LogP contribution in [0.2, 0.25) is 0 Å². The molecule has 0 unspecified atom stereocenters. The Morgan fingerprint density at radius 2 is 2.11 bits per heavy atom. The Morgan fingerprint density at radius 3 is 3.00 bits per heavy atom. The number of anilines is 2. The minimum atomic E-state index is 0.661. The third kappa shape index (κ3) is 2.67. The van der Waals surface area contributed by atoms with Gasteiger partial charge >= 0.3 is 0 Å². The van der Waals surface area contributed by atoms with Crippen molar-refractivity contribution < 1.29 is 4.74 Å². The van der Waals surface area contributed by atoms with Crippen molar-refractivity contribution in [1.29, 1.82) is 0 Å². The smallest absolute Gasteiger partial charge is 0.227 e. The lowest BCUT2D eigenvalue weighted by atomic mass is 9.98. The van der Waals surface area contributed by atoms with Gasteiger partial charge in [0, 0.05) is 23.6 Å². The van der Waals surface area contributed by atoms with Crippen LogP contribution in [-0.2, 0) is 12.8 Å². The third-order valence-corrected chi connectivity index (χ3v) is 3.39. The van der Waals surface area contributed by atoms with Gasteiger partial charge in [0.25, 0.3) is 0 Å². The summed E-state index contributed by atoms with van der Waals surface area (Å²) in [5.74, 6) is 1.48. The highest BCUT2D eigenvalue weighted by Crippen LogP contribution is 2.22. The minimum Gasteiger partial charge on any atom is -0.497 e. The number of aromatic nitrogens is 2. The molecule has 0 fully saturated rings. The van der Waals surface area contributed by atoms with Crippen molar-refractivity contribution in [1.82, 2.24) is 9.97 Å². The molecule has 0 aliphatic heterocycles. The highest BCUT2D eigenvalue weighted by atomic mass is 16.5. The number of hydrogen-bond acceptors (Lipinski definition) is 4. The summed E-state index contributed by atoms with van der Waals surface area (Å²) in [6.45, 7) is 0. The Labute approximate surface area is 112 Å². The molecular weight excluding hydrogens is 238 g/mol. The first-order chi connectivity index (χ1) is 9.35. The van der Waals surface area contributed by atoms with Gasteiger partial charge in [-0.25, -0.2) is 9.97 Å². The van der Waals surface area contributed by atoms with Crippen LogP contribution in [-0.4, -0.2) is 17.1 Å². The normalized spacial score (nSPS) is 13.7. The zero-order valence-corrected chi connectivity index (χ0v) is 11.0.